The molecule has 2 heterocycles. The first-order valence-corrected chi connectivity index (χ1v) is 9.69. The second kappa shape index (κ2) is 8.19. The summed E-state index contributed by atoms with van der Waals surface area (Å²) in [4.78, 5) is 36.2. The Hall–Kier alpha value is -3.72. The maximum atomic E-state index is 12.4. The molecule has 9 nitrogen and oxygen atoms in total. The SMILES string of the molecule is O=C1C[C@H]2O/C(=C\COCc3ccc([N+](=O)[O-])cc3)[C@](Cc3ccccc3)(C(=O)O)N12. The van der Waals surface area contributed by atoms with E-state index in [0.29, 0.717) is 0 Å². The van der Waals surface area contributed by atoms with E-state index in [1.54, 1.807) is 18.2 Å². The molecule has 1 N–H and O–H groups in total. The zero-order chi connectivity index (χ0) is 22.0. The number of β-lactam (4-membered cyclic amide) rings is 1. The minimum Gasteiger partial charge on any atom is -0.479 e. The third kappa shape index (κ3) is 3.75. The fraction of sp³-hybridized carbons (Fsp3) is 0.273. The summed E-state index contributed by atoms with van der Waals surface area (Å²) < 4.78 is 11.4. The van der Waals surface area contributed by atoms with Crippen LogP contribution in [0.3, 0.4) is 0 Å². The minimum absolute atomic E-state index is 0.00781. The molecule has 2 saturated heterocycles. The van der Waals surface area contributed by atoms with Crippen LogP contribution < -0.4 is 0 Å². The number of carbonyl (C=O) groups excluding carboxylic acids is 1. The first-order valence-electron chi connectivity index (χ1n) is 9.69. The molecular formula is C22H20N2O7. The third-order valence-corrected chi connectivity index (χ3v) is 5.45. The van der Waals surface area contributed by atoms with Gasteiger partial charge < -0.3 is 14.6 Å². The molecular weight excluding hydrogens is 404 g/mol. The van der Waals surface area contributed by atoms with Crippen molar-refractivity contribution in [2.24, 2.45) is 0 Å². The minimum atomic E-state index is -1.61. The smallest absolute Gasteiger partial charge is 0.338 e. The average molecular weight is 424 g/mol. The summed E-state index contributed by atoms with van der Waals surface area (Å²) in [5.41, 5.74) is -0.111. The van der Waals surface area contributed by atoms with Crippen molar-refractivity contribution in [3.8, 4) is 0 Å². The van der Waals surface area contributed by atoms with Crippen molar-refractivity contribution in [3.05, 3.63) is 87.7 Å². The van der Waals surface area contributed by atoms with Gasteiger partial charge in [-0.25, -0.2) is 4.79 Å². The topological polar surface area (TPSA) is 119 Å². The number of aliphatic carboxylic acids is 1. The standard InChI is InChI=1S/C22H20N2O7/c25-19-12-20-23(19)22(21(26)27,13-15-4-2-1-3-5-15)18(31-20)10-11-30-14-16-6-8-17(9-7-16)24(28)29/h1-10,20H,11-14H2,(H,26,27)/b18-10-/t20-,22-/m1/s1. The molecule has 0 saturated carbocycles. The monoisotopic (exact) mass is 424 g/mol. The Morgan fingerprint density at radius 1 is 1.23 bits per heavy atom. The van der Waals surface area contributed by atoms with Crippen molar-refractivity contribution in [1.82, 2.24) is 4.90 Å². The lowest BCUT2D eigenvalue weighted by Crippen LogP contribution is -2.63. The van der Waals surface area contributed by atoms with Crippen LogP contribution in [0.1, 0.15) is 17.5 Å². The molecule has 160 valence electrons. The fourth-order valence-corrected chi connectivity index (χ4v) is 3.89. The normalized spacial score (nSPS) is 23.2. The third-order valence-electron chi connectivity index (χ3n) is 5.45. The van der Waals surface area contributed by atoms with Crippen molar-refractivity contribution in [1.29, 1.82) is 0 Å². The number of rotatable bonds is 8. The molecule has 2 atom stereocenters. The molecule has 1 amide bonds. The summed E-state index contributed by atoms with van der Waals surface area (Å²) in [6, 6.07) is 15.1. The van der Waals surface area contributed by atoms with Crippen LogP contribution in [0.25, 0.3) is 0 Å². The van der Waals surface area contributed by atoms with Crippen LogP contribution in [0.5, 0.6) is 0 Å². The molecule has 2 aromatic rings. The van der Waals surface area contributed by atoms with E-state index in [9.17, 15) is 24.8 Å². The van der Waals surface area contributed by atoms with Crippen LogP contribution in [0, 0.1) is 10.1 Å². The molecule has 0 aromatic heterocycles. The number of nitro benzene ring substituents is 1. The zero-order valence-corrected chi connectivity index (χ0v) is 16.5. The lowest BCUT2D eigenvalue weighted by atomic mass is 9.85. The lowest BCUT2D eigenvalue weighted by Gasteiger charge is -2.40. The van der Waals surface area contributed by atoms with Crippen molar-refractivity contribution in [2.45, 2.75) is 31.2 Å². The van der Waals surface area contributed by atoms with Crippen LogP contribution in [0.2, 0.25) is 0 Å². The number of amides is 1. The van der Waals surface area contributed by atoms with E-state index in [0.717, 1.165) is 11.1 Å². The molecule has 2 aliphatic rings. The molecule has 0 aliphatic carbocycles. The van der Waals surface area contributed by atoms with Gasteiger partial charge in [0, 0.05) is 18.6 Å². The van der Waals surface area contributed by atoms with Crippen molar-refractivity contribution in [3.63, 3.8) is 0 Å². The van der Waals surface area contributed by atoms with Gasteiger partial charge in [-0.1, -0.05) is 30.3 Å². The van der Waals surface area contributed by atoms with E-state index in [2.05, 4.69) is 0 Å². The number of nitrogens with zero attached hydrogens (tertiary/aromatic N) is 2. The van der Waals surface area contributed by atoms with E-state index in [1.807, 2.05) is 30.3 Å². The van der Waals surface area contributed by atoms with Gasteiger partial charge in [0.2, 0.25) is 11.4 Å². The quantitative estimate of drug-likeness (QED) is 0.299. The molecule has 31 heavy (non-hydrogen) atoms. The van der Waals surface area contributed by atoms with Crippen LogP contribution in [0.4, 0.5) is 5.69 Å². The molecule has 0 spiro atoms. The molecule has 9 heteroatoms. The van der Waals surface area contributed by atoms with Gasteiger partial charge in [0.15, 0.2) is 6.23 Å². The summed E-state index contributed by atoms with van der Waals surface area (Å²) in [7, 11) is 0. The molecule has 0 bridgehead atoms. The van der Waals surface area contributed by atoms with Gasteiger partial charge >= 0.3 is 5.97 Å². The number of carbonyl (C=O) groups is 2. The number of carboxylic acid groups (broad SMARTS) is 1. The second-order valence-electron chi connectivity index (χ2n) is 7.38. The van der Waals surface area contributed by atoms with Gasteiger partial charge in [0.25, 0.3) is 5.69 Å². The summed E-state index contributed by atoms with van der Waals surface area (Å²) in [5, 5.41) is 20.9. The van der Waals surface area contributed by atoms with Crippen LogP contribution >= 0.6 is 0 Å². The second-order valence-corrected chi connectivity index (χ2v) is 7.38. The highest BCUT2D eigenvalue weighted by Crippen LogP contribution is 2.46. The van der Waals surface area contributed by atoms with E-state index in [-0.39, 0.29) is 43.4 Å². The molecule has 2 aliphatic heterocycles. The number of ether oxygens (including phenoxy) is 2. The largest absolute Gasteiger partial charge is 0.479 e. The summed E-state index contributed by atoms with van der Waals surface area (Å²) in [6.07, 6.45) is 1.19. The molecule has 0 unspecified atom stereocenters. The highest BCUT2D eigenvalue weighted by atomic mass is 16.6. The molecule has 0 radical (unpaired) electrons. The Kier molecular flexibility index (Phi) is 5.43. The van der Waals surface area contributed by atoms with E-state index in [1.165, 1.54) is 17.0 Å². The molecule has 2 fully saturated rings. The fourth-order valence-electron chi connectivity index (χ4n) is 3.89. The number of benzene rings is 2. The Balaban J connectivity index is 1.51. The Labute approximate surface area is 177 Å². The van der Waals surface area contributed by atoms with Gasteiger partial charge in [-0.2, -0.15) is 0 Å². The Morgan fingerprint density at radius 2 is 1.94 bits per heavy atom. The predicted octanol–water partition coefficient (Wildman–Crippen LogP) is 2.65. The van der Waals surface area contributed by atoms with Crippen LogP contribution in [-0.4, -0.2) is 45.2 Å². The van der Waals surface area contributed by atoms with Gasteiger partial charge in [-0.05, 0) is 29.3 Å². The number of carboxylic acids is 1. The zero-order valence-electron chi connectivity index (χ0n) is 16.5. The number of hydrogen-bond acceptors (Lipinski definition) is 6. The van der Waals surface area contributed by atoms with Crippen molar-refractivity contribution < 1.29 is 29.1 Å². The summed E-state index contributed by atoms with van der Waals surface area (Å²) >= 11 is 0. The summed E-state index contributed by atoms with van der Waals surface area (Å²) in [5.74, 6) is -1.24. The van der Waals surface area contributed by atoms with Crippen molar-refractivity contribution >= 4 is 17.6 Å². The van der Waals surface area contributed by atoms with Gasteiger partial charge in [-0.15, -0.1) is 0 Å². The van der Waals surface area contributed by atoms with Gasteiger partial charge in [0.1, 0.15) is 5.76 Å². The van der Waals surface area contributed by atoms with E-state index < -0.39 is 22.7 Å². The van der Waals surface area contributed by atoms with E-state index in [4.69, 9.17) is 9.47 Å². The Morgan fingerprint density at radius 3 is 2.55 bits per heavy atom. The maximum Gasteiger partial charge on any atom is 0.338 e. The predicted molar refractivity (Wildman–Crippen MR) is 108 cm³/mol. The Bertz CT molecular complexity index is 1040. The highest BCUT2D eigenvalue weighted by Gasteiger charge is 2.64. The van der Waals surface area contributed by atoms with Crippen LogP contribution in [-0.2, 0) is 32.1 Å². The maximum absolute atomic E-state index is 12.4. The first kappa shape index (κ1) is 20.5. The number of non-ortho nitro benzene ring substituents is 1. The molecule has 4 rings (SSSR count). The lowest BCUT2D eigenvalue weighted by molar-refractivity contribution is -0.384. The molecule has 2 aromatic carbocycles. The number of hydrogen-bond donors (Lipinski definition) is 1. The van der Waals surface area contributed by atoms with E-state index >= 15 is 0 Å². The van der Waals surface area contributed by atoms with Crippen LogP contribution in [0.15, 0.2) is 66.4 Å². The number of fused-ring (bicyclic) bond motifs is 1. The van der Waals surface area contributed by atoms with Crippen molar-refractivity contribution in [2.75, 3.05) is 6.61 Å². The number of nitro groups is 1. The van der Waals surface area contributed by atoms with Gasteiger partial charge in [0.05, 0.1) is 24.6 Å². The first-order chi connectivity index (χ1) is 14.9. The highest BCUT2D eigenvalue weighted by molar-refractivity contribution is 5.94. The average Bonchev–Trinajstić information content (AvgIpc) is 3.00. The van der Waals surface area contributed by atoms with Gasteiger partial charge in [-0.3, -0.25) is 19.8 Å². The summed E-state index contributed by atoms with van der Waals surface area (Å²) in [6.45, 7) is 0.248.